The summed E-state index contributed by atoms with van der Waals surface area (Å²) in [6.45, 7) is 7.46. The summed E-state index contributed by atoms with van der Waals surface area (Å²) in [5, 5.41) is 2.50. The first-order valence-corrected chi connectivity index (χ1v) is 12.6. The Labute approximate surface area is 181 Å². The lowest BCUT2D eigenvalue weighted by Gasteiger charge is -2.43. The largest absolute Gasteiger partial charge is 0.407 e. The summed E-state index contributed by atoms with van der Waals surface area (Å²) in [5.41, 5.74) is 0.711. The molecule has 0 heterocycles. The van der Waals surface area contributed by atoms with E-state index in [1.165, 1.54) is 10.4 Å². The van der Waals surface area contributed by atoms with Gasteiger partial charge in [0.1, 0.15) is 6.29 Å². The predicted molar refractivity (Wildman–Crippen MR) is 126 cm³/mol. The molecular weight excluding hydrogens is 384 g/mol. The van der Waals surface area contributed by atoms with Crippen LogP contribution in [0.25, 0.3) is 0 Å². The zero-order chi connectivity index (χ0) is 21.2. The van der Waals surface area contributed by atoms with Gasteiger partial charge >= 0.3 is 0 Å². The fourth-order valence-corrected chi connectivity index (χ4v) is 9.46. The molecule has 0 aliphatic heterocycles. The lowest BCUT2D eigenvalue weighted by Crippen LogP contribution is -2.66. The molecule has 1 aliphatic carbocycles. The summed E-state index contributed by atoms with van der Waals surface area (Å²) >= 11 is 0. The van der Waals surface area contributed by atoms with Gasteiger partial charge in [0.25, 0.3) is 8.32 Å². The first-order chi connectivity index (χ1) is 14.4. The molecule has 1 fully saturated rings. The molecule has 0 radical (unpaired) electrons. The molecule has 2 atom stereocenters. The molecule has 30 heavy (non-hydrogen) atoms. The maximum Gasteiger partial charge on any atom is 0.261 e. The van der Waals surface area contributed by atoms with Crippen LogP contribution in [-0.4, -0.2) is 21.2 Å². The van der Waals surface area contributed by atoms with Gasteiger partial charge in [-0.3, -0.25) is 0 Å². The van der Waals surface area contributed by atoms with E-state index in [0.717, 1.165) is 18.3 Å². The number of benzene rings is 3. The van der Waals surface area contributed by atoms with Crippen molar-refractivity contribution < 1.29 is 9.22 Å². The Bertz CT molecular complexity index is 940. The average molecular weight is 415 g/mol. The van der Waals surface area contributed by atoms with Crippen LogP contribution < -0.4 is 10.4 Å². The van der Waals surface area contributed by atoms with Gasteiger partial charge in [-0.05, 0) is 33.3 Å². The molecule has 0 spiro atoms. The van der Waals surface area contributed by atoms with Crippen molar-refractivity contribution in [2.75, 3.05) is 6.61 Å². The van der Waals surface area contributed by atoms with E-state index in [-0.39, 0.29) is 11.0 Å². The number of aldehydes is 1. The Morgan fingerprint density at radius 3 is 1.77 bits per heavy atom. The van der Waals surface area contributed by atoms with Crippen LogP contribution in [0, 0.1) is 5.92 Å². The Balaban J connectivity index is 1.71. The zero-order valence-electron chi connectivity index (χ0n) is 18.0. The summed E-state index contributed by atoms with van der Waals surface area (Å²) in [7, 11) is -2.56. The minimum atomic E-state index is -2.56. The molecule has 3 aromatic carbocycles. The molecule has 1 saturated carbocycles. The average Bonchev–Trinajstić information content (AvgIpc) is 3.50. The minimum Gasteiger partial charge on any atom is -0.407 e. The third-order valence-corrected chi connectivity index (χ3v) is 11.6. The normalized spacial score (nSPS) is 21.2. The molecule has 0 N–H and O–H groups in total. The van der Waals surface area contributed by atoms with E-state index < -0.39 is 13.7 Å². The molecule has 3 heteroatoms. The van der Waals surface area contributed by atoms with Gasteiger partial charge in [-0.1, -0.05) is 112 Å². The number of rotatable bonds is 7. The molecular formula is C27H30O2Si. The molecule has 3 aromatic rings. The topological polar surface area (TPSA) is 26.3 Å². The second-order valence-corrected chi connectivity index (χ2v) is 13.7. The molecule has 2 unspecified atom stereocenters. The van der Waals surface area contributed by atoms with Crippen molar-refractivity contribution in [3.8, 4) is 0 Å². The van der Waals surface area contributed by atoms with Crippen molar-refractivity contribution in [1.82, 2.24) is 0 Å². The highest BCUT2D eigenvalue weighted by atomic mass is 28.4. The molecule has 0 bridgehead atoms. The lowest BCUT2D eigenvalue weighted by atomic mass is 9.95. The second kappa shape index (κ2) is 7.97. The van der Waals surface area contributed by atoms with Gasteiger partial charge in [-0.25, -0.2) is 0 Å². The fraction of sp³-hybridized carbons (Fsp3) is 0.296. The van der Waals surface area contributed by atoms with Crippen LogP contribution >= 0.6 is 0 Å². The highest BCUT2D eigenvalue weighted by molar-refractivity contribution is 6.99. The highest BCUT2D eigenvalue weighted by Gasteiger charge is 2.58. The molecule has 0 saturated heterocycles. The van der Waals surface area contributed by atoms with Gasteiger partial charge < -0.3 is 9.22 Å². The van der Waals surface area contributed by atoms with Crippen LogP contribution in [0.3, 0.4) is 0 Å². The number of hydrogen-bond acceptors (Lipinski definition) is 2. The van der Waals surface area contributed by atoms with Crippen molar-refractivity contribution in [3.63, 3.8) is 0 Å². The molecule has 154 valence electrons. The summed E-state index contributed by atoms with van der Waals surface area (Å²) < 4.78 is 7.05. The van der Waals surface area contributed by atoms with Crippen molar-refractivity contribution in [2.24, 2.45) is 5.92 Å². The predicted octanol–water partition coefficient (Wildman–Crippen LogP) is 4.72. The second-order valence-electron chi connectivity index (χ2n) is 9.40. The monoisotopic (exact) mass is 414 g/mol. The van der Waals surface area contributed by atoms with Gasteiger partial charge in [0, 0.05) is 6.61 Å². The Morgan fingerprint density at radius 1 is 0.867 bits per heavy atom. The first-order valence-electron chi connectivity index (χ1n) is 10.7. The van der Waals surface area contributed by atoms with Crippen LogP contribution in [0.4, 0.5) is 0 Å². The van der Waals surface area contributed by atoms with Crippen LogP contribution in [0.1, 0.15) is 32.8 Å². The number of hydrogen-bond donors (Lipinski definition) is 0. The fourth-order valence-electron chi connectivity index (χ4n) is 4.86. The summed E-state index contributed by atoms with van der Waals surface area (Å²) in [5.74, 6) is 0.221. The molecule has 2 nitrogen and oxygen atoms in total. The Kier molecular flexibility index (Phi) is 5.52. The summed E-state index contributed by atoms with van der Waals surface area (Å²) in [4.78, 5) is 12.1. The first kappa shape index (κ1) is 20.8. The maximum absolute atomic E-state index is 12.1. The SMILES string of the molecule is CC(C)(C)[Si](OCC1CC1(C=O)c1ccccc1)(c1ccccc1)c1ccccc1. The van der Waals surface area contributed by atoms with E-state index >= 15 is 0 Å². The zero-order valence-corrected chi connectivity index (χ0v) is 19.0. The number of carbonyl (C=O) groups is 1. The quantitative estimate of drug-likeness (QED) is 0.413. The molecule has 4 rings (SSSR count). The third-order valence-electron chi connectivity index (χ3n) is 6.59. The van der Waals surface area contributed by atoms with Crippen molar-refractivity contribution in [3.05, 3.63) is 96.6 Å². The van der Waals surface area contributed by atoms with Gasteiger partial charge in [0.05, 0.1) is 5.41 Å². The van der Waals surface area contributed by atoms with Gasteiger partial charge in [0.2, 0.25) is 0 Å². The van der Waals surface area contributed by atoms with E-state index in [4.69, 9.17) is 4.43 Å². The Morgan fingerprint density at radius 2 is 1.33 bits per heavy atom. The highest BCUT2D eigenvalue weighted by Crippen LogP contribution is 2.53. The molecule has 1 aliphatic rings. The van der Waals surface area contributed by atoms with Crippen molar-refractivity contribution in [2.45, 2.75) is 37.6 Å². The maximum atomic E-state index is 12.1. The van der Waals surface area contributed by atoms with Gasteiger partial charge in [-0.2, -0.15) is 0 Å². The summed E-state index contributed by atoms with van der Waals surface area (Å²) in [6.07, 6.45) is 2.00. The smallest absolute Gasteiger partial charge is 0.261 e. The standard InChI is InChI=1S/C27H30O2Si/c1-26(2,3)30(24-15-9-5-10-16-24,25-17-11-6-12-18-25)29-20-23-19-27(23,21-28)22-13-7-4-8-14-22/h4-18,21,23H,19-20H2,1-3H3. The van der Waals surface area contributed by atoms with Crippen LogP contribution in [0.5, 0.6) is 0 Å². The van der Waals surface area contributed by atoms with Gasteiger partial charge in [-0.15, -0.1) is 0 Å². The van der Waals surface area contributed by atoms with E-state index in [0.29, 0.717) is 6.61 Å². The van der Waals surface area contributed by atoms with Crippen LogP contribution in [0.2, 0.25) is 5.04 Å². The minimum absolute atomic E-state index is 0.0544. The molecule has 0 amide bonds. The van der Waals surface area contributed by atoms with E-state index in [9.17, 15) is 4.79 Å². The summed E-state index contributed by atoms with van der Waals surface area (Å²) in [6, 6.07) is 31.5. The van der Waals surface area contributed by atoms with Gasteiger partial charge in [0.15, 0.2) is 0 Å². The van der Waals surface area contributed by atoms with E-state index in [1.807, 2.05) is 18.2 Å². The third kappa shape index (κ3) is 3.46. The van der Waals surface area contributed by atoms with Crippen molar-refractivity contribution >= 4 is 25.0 Å². The number of carbonyl (C=O) groups excluding carboxylic acids is 1. The van der Waals surface area contributed by atoms with Crippen LogP contribution in [-0.2, 0) is 14.6 Å². The van der Waals surface area contributed by atoms with E-state index in [1.54, 1.807) is 0 Å². The van der Waals surface area contributed by atoms with Crippen molar-refractivity contribution in [1.29, 1.82) is 0 Å². The molecule has 0 aromatic heterocycles. The van der Waals surface area contributed by atoms with E-state index in [2.05, 4.69) is 93.6 Å². The lowest BCUT2D eigenvalue weighted by molar-refractivity contribution is -0.110. The van der Waals surface area contributed by atoms with Crippen LogP contribution in [0.15, 0.2) is 91.0 Å². The Hall–Kier alpha value is -2.49.